The number of halogens is 1. The van der Waals surface area contributed by atoms with Gasteiger partial charge in [0.05, 0.1) is 23.6 Å². The number of thiazole rings is 1. The Morgan fingerprint density at radius 3 is 2.72 bits per heavy atom. The first kappa shape index (κ1) is 18.0. The fourth-order valence-corrected chi connectivity index (χ4v) is 5.28. The fraction of sp³-hybridized carbons (Fsp3) is 0.235. The highest BCUT2D eigenvalue weighted by molar-refractivity contribution is 7.99. The molecule has 0 saturated carbocycles. The summed E-state index contributed by atoms with van der Waals surface area (Å²) in [7, 11) is 1.70. The third-order valence-electron chi connectivity index (χ3n) is 4.01. The molecule has 0 amide bonds. The fourth-order valence-electron chi connectivity index (χ4n) is 2.86. The summed E-state index contributed by atoms with van der Waals surface area (Å²) < 4.78 is 3.69. The number of hydrogen-bond acceptors (Lipinski definition) is 5. The topological polar surface area (TPSA) is 61.8 Å². The SMILES string of the molecule is C.C[n+]1c([O-])c(-c2ccccc2)c(=O)n2c1SC[C@@H]2c1cnc(Cl)s1. The van der Waals surface area contributed by atoms with Crippen molar-refractivity contribution in [2.45, 2.75) is 18.6 Å². The highest BCUT2D eigenvalue weighted by Crippen LogP contribution is 2.38. The second kappa shape index (κ2) is 6.82. The maximum absolute atomic E-state index is 13.1. The molecular formula is C17H16ClN3O2S2. The van der Waals surface area contributed by atoms with Crippen LogP contribution in [0.5, 0.6) is 5.88 Å². The molecule has 1 aliphatic heterocycles. The number of benzene rings is 1. The van der Waals surface area contributed by atoms with Gasteiger partial charge in [-0.15, -0.1) is 11.3 Å². The molecular weight excluding hydrogens is 378 g/mol. The van der Waals surface area contributed by atoms with Crippen LogP contribution < -0.4 is 15.2 Å². The van der Waals surface area contributed by atoms with Crippen LogP contribution in [0.2, 0.25) is 4.47 Å². The Hall–Kier alpha value is -1.83. The smallest absolute Gasteiger partial charge is 0.345 e. The van der Waals surface area contributed by atoms with E-state index in [9.17, 15) is 9.90 Å². The normalized spacial score (nSPS) is 15.7. The highest BCUT2D eigenvalue weighted by Gasteiger charge is 2.37. The molecule has 1 atom stereocenters. The van der Waals surface area contributed by atoms with Crippen molar-refractivity contribution in [2.24, 2.45) is 7.05 Å². The summed E-state index contributed by atoms with van der Waals surface area (Å²) in [4.78, 5) is 18.1. The molecule has 0 saturated heterocycles. The summed E-state index contributed by atoms with van der Waals surface area (Å²) >= 11 is 8.81. The molecule has 1 aliphatic rings. The molecule has 130 valence electrons. The van der Waals surface area contributed by atoms with E-state index in [4.69, 9.17) is 11.6 Å². The lowest BCUT2D eigenvalue weighted by molar-refractivity contribution is -0.751. The maximum atomic E-state index is 13.1. The van der Waals surface area contributed by atoms with Gasteiger partial charge < -0.3 is 5.11 Å². The first-order chi connectivity index (χ1) is 11.6. The molecule has 0 aliphatic carbocycles. The lowest BCUT2D eigenvalue weighted by atomic mass is 10.1. The molecule has 5 nitrogen and oxygen atoms in total. The lowest BCUT2D eigenvalue weighted by Gasteiger charge is -2.16. The van der Waals surface area contributed by atoms with Gasteiger partial charge in [0.2, 0.25) is 0 Å². The predicted molar refractivity (Wildman–Crippen MR) is 99.5 cm³/mol. The Bertz CT molecular complexity index is 986. The molecule has 8 heteroatoms. The molecule has 2 aromatic heterocycles. The Morgan fingerprint density at radius 1 is 1.36 bits per heavy atom. The summed E-state index contributed by atoms with van der Waals surface area (Å²) in [6, 6.07) is 8.91. The molecule has 3 aromatic rings. The average Bonchev–Trinajstić information content (AvgIpc) is 3.20. The van der Waals surface area contributed by atoms with Gasteiger partial charge in [0.15, 0.2) is 10.5 Å². The van der Waals surface area contributed by atoms with Crippen LogP contribution in [0.1, 0.15) is 18.3 Å². The van der Waals surface area contributed by atoms with Crippen molar-refractivity contribution in [3.05, 3.63) is 56.2 Å². The van der Waals surface area contributed by atoms with E-state index in [1.165, 1.54) is 23.1 Å². The quantitative estimate of drug-likeness (QED) is 0.496. The minimum absolute atomic E-state index is 0. The molecule has 0 unspecified atom stereocenters. The van der Waals surface area contributed by atoms with Gasteiger partial charge in [-0.25, -0.2) is 14.3 Å². The third-order valence-corrected chi connectivity index (χ3v) is 6.44. The summed E-state index contributed by atoms with van der Waals surface area (Å²) in [6.45, 7) is 0. The second-order valence-corrected chi connectivity index (χ2v) is 8.04. The van der Waals surface area contributed by atoms with Crippen LogP contribution in [-0.4, -0.2) is 15.3 Å². The molecule has 0 fully saturated rings. The number of hydrogen-bond donors (Lipinski definition) is 0. The molecule has 0 bridgehead atoms. The first-order valence-electron chi connectivity index (χ1n) is 7.23. The molecule has 25 heavy (non-hydrogen) atoms. The predicted octanol–water partition coefficient (Wildman–Crippen LogP) is 2.85. The average molecular weight is 394 g/mol. The van der Waals surface area contributed by atoms with E-state index >= 15 is 0 Å². The summed E-state index contributed by atoms with van der Waals surface area (Å²) in [5.41, 5.74) is 0.570. The molecule has 4 rings (SSSR count). The van der Waals surface area contributed by atoms with E-state index in [0.717, 1.165) is 4.88 Å². The second-order valence-electron chi connectivity index (χ2n) is 5.41. The number of fused-ring (bicyclic) bond motifs is 1. The van der Waals surface area contributed by atoms with E-state index in [1.54, 1.807) is 34.5 Å². The zero-order valence-corrected chi connectivity index (χ0v) is 15.0. The number of aromatic nitrogens is 3. The van der Waals surface area contributed by atoms with Gasteiger partial charge in [-0.2, -0.15) is 4.57 Å². The van der Waals surface area contributed by atoms with Gasteiger partial charge in [-0.05, 0) is 17.3 Å². The van der Waals surface area contributed by atoms with Crippen molar-refractivity contribution in [3.8, 4) is 17.0 Å². The lowest BCUT2D eigenvalue weighted by Crippen LogP contribution is -2.43. The monoisotopic (exact) mass is 393 g/mol. The van der Waals surface area contributed by atoms with Crippen LogP contribution in [-0.2, 0) is 7.05 Å². The van der Waals surface area contributed by atoms with Gasteiger partial charge in [0.25, 0.3) is 0 Å². The largest absolute Gasteiger partial charge is 0.842 e. The van der Waals surface area contributed by atoms with Gasteiger partial charge in [0, 0.05) is 6.20 Å². The van der Waals surface area contributed by atoms with Crippen molar-refractivity contribution in [1.29, 1.82) is 0 Å². The van der Waals surface area contributed by atoms with Crippen molar-refractivity contribution in [3.63, 3.8) is 0 Å². The molecule has 0 N–H and O–H groups in total. The van der Waals surface area contributed by atoms with Crippen LogP contribution in [0.15, 0.2) is 46.5 Å². The van der Waals surface area contributed by atoms with Crippen LogP contribution in [0.3, 0.4) is 0 Å². The zero-order chi connectivity index (χ0) is 16.8. The zero-order valence-electron chi connectivity index (χ0n) is 12.6. The van der Waals surface area contributed by atoms with E-state index in [0.29, 0.717) is 20.9 Å². The molecule has 3 heterocycles. The summed E-state index contributed by atoms with van der Waals surface area (Å²) in [5, 5.41) is 13.4. The van der Waals surface area contributed by atoms with E-state index < -0.39 is 0 Å². The number of nitrogens with zero attached hydrogens (tertiary/aromatic N) is 3. The highest BCUT2D eigenvalue weighted by atomic mass is 35.5. The Balaban J connectivity index is 0.00000182. The van der Waals surface area contributed by atoms with Gasteiger partial charge in [-0.1, -0.05) is 49.4 Å². The maximum Gasteiger partial charge on any atom is 0.345 e. The van der Waals surface area contributed by atoms with E-state index in [1.807, 2.05) is 18.2 Å². The van der Waals surface area contributed by atoms with Crippen LogP contribution in [0.4, 0.5) is 0 Å². The Labute approximate surface area is 158 Å². The number of thioether (sulfide) groups is 1. The van der Waals surface area contributed by atoms with Crippen molar-refractivity contribution < 1.29 is 9.67 Å². The molecule has 1 aromatic carbocycles. The standard InChI is InChI=1S/C16H12ClN3O2S2.CH4/c1-19-13(21)12(9-5-3-2-4-6-9)14(22)20-10(8-23-16(19)20)11-7-18-15(17)24-11;/h2-7,10H,8H2,1H3;1H4/t10-;/m1./s1. The van der Waals surface area contributed by atoms with Crippen LogP contribution in [0.25, 0.3) is 11.1 Å². The Kier molecular flexibility index (Phi) is 4.90. The minimum atomic E-state index is -0.270. The number of rotatable bonds is 2. The Morgan fingerprint density at radius 2 is 2.08 bits per heavy atom. The third kappa shape index (κ3) is 2.86. The molecule has 0 spiro atoms. The van der Waals surface area contributed by atoms with Gasteiger partial charge in [0.1, 0.15) is 5.56 Å². The van der Waals surface area contributed by atoms with E-state index in [2.05, 4.69) is 4.98 Å². The van der Waals surface area contributed by atoms with Crippen molar-refractivity contribution in [1.82, 2.24) is 9.55 Å². The van der Waals surface area contributed by atoms with Crippen LogP contribution in [0, 0.1) is 0 Å². The summed E-state index contributed by atoms with van der Waals surface area (Å²) in [5.74, 6) is 0.409. The van der Waals surface area contributed by atoms with Crippen molar-refractivity contribution >= 4 is 34.7 Å². The van der Waals surface area contributed by atoms with Gasteiger partial charge >= 0.3 is 10.7 Å². The van der Waals surface area contributed by atoms with E-state index in [-0.39, 0.29) is 30.5 Å². The minimum Gasteiger partial charge on any atom is -0.842 e. The summed E-state index contributed by atoms with van der Waals surface area (Å²) in [6.07, 6.45) is 1.70. The molecule has 0 radical (unpaired) electrons. The van der Waals surface area contributed by atoms with Crippen LogP contribution >= 0.6 is 34.7 Å². The van der Waals surface area contributed by atoms with Crippen molar-refractivity contribution in [2.75, 3.05) is 5.75 Å². The first-order valence-corrected chi connectivity index (χ1v) is 9.41. The van der Waals surface area contributed by atoms with Gasteiger partial charge in [-0.3, -0.25) is 0 Å².